The van der Waals surface area contributed by atoms with E-state index in [1.54, 1.807) is 0 Å². The fourth-order valence-corrected chi connectivity index (χ4v) is 5.22. The van der Waals surface area contributed by atoms with Crippen LogP contribution in [0.4, 0.5) is 0 Å². The van der Waals surface area contributed by atoms with Gasteiger partial charge in [0.2, 0.25) is 15.9 Å². The molecule has 140 valence electrons. The summed E-state index contributed by atoms with van der Waals surface area (Å²) in [6.45, 7) is 3.18. The normalized spacial score (nSPS) is 25.0. The standard InChI is InChI=1S/C13H25N3O6S2/c1-23(18,19)16(4-3-15-5-7-22-8-6-15)10-13(17)14-12-2-9-24(20,21)11-12/h12H,2-11H2,1H3,(H,14,17). The summed E-state index contributed by atoms with van der Waals surface area (Å²) in [5, 5.41) is 2.62. The molecule has 0 spiro atoms. The first-order chi connectivity index (χ1) is 11.2. The van der Waals surface area contributed by atoms with Crippen LogP contribution in [0.1, 0.15) is 6.42 Å². The number of hydrogen-bond acceptors (Lipinski definition) is 7. The number of carbonyl (C=O) groups excluding carboxylic acids is 1. The fraction of sp³-hybridized carbons (Fsp3) is 0.923. The highest BCUT2D eigenvalue weighted by Gasteiger charge is 2.30. The molecule has 0 aromatic heterocycles. The van der Waals surface area contributed by atoms with E-state index in [2.05, 4.69) is 10.2 Å². The second-order valence-electron chi connectivity index (χ2n) is 6.22. The maximum atomic E-state index is 12.1. The Bertz CT molecular complexity index is 643. The quantitative estimate of drug-likeness (QED) is 0.535. The van der Waals surface area contributed by atoms with Crippen LogP contribution in [-0.4, -0.2) is 102 Å². The van der Waals surface area contributed by atoms with E-state index in [1.165, 1.54) is 0 Å². The summed E-state index contributed by atoms with van der Waals surface area (Å²) in [6.07, 6.45) is 1.44. The van der Waals surface area contributed by atoms with Gasteiger partial charge in [-0.05, 0) is 6.42 Å². The van der Waals surface area contributed by atoms with Crippen molar-refractivity contribution in [3.8, 4) is 0 Å². The van der Waals surface area contributed by atoms with Gasteiger partial charge in [0.1, 0.15) is 0 Å². The number of morpholine rings is 1. The second-order valence-corrected chi connectivity index (χ2v) is 10.4. The van der Waals surface area contributed by atoms with Gasteiger partial charge in [0.15, 0.2) is 9.84 Å². The first kappa shape index (κ1) is 19.6. The van der Waals surface area contributed by atoms with E-state index < -0.39 is 31.8 Å². The molecule has 24 heavy (non-hydrogen) atoms. The molecule has 2 aliphatic heterocycles. The molecule has 0 aromatic rings. The molecule has 0 bridgehead atoms. The van der Waals surface area contributed by atoms with Gasteiger partial charge in [-0.15, -0.1) is 0 Å². The topological polar surface area (TPSA) is 113 Å². The highest BCUT2D eigenvalue weighted by molar-refractivity contribution is 7.91. The van der Waals surface area contributed by atoms with Gasteiger partial charge in [0.05, 0.1) is 37.5 Å². The summed E-state index contributed by atoms with van der Waals surface area (Å²) in [6, 6.07) is -0.428. The Hall–Kier alpha value is -0.750. The zero-order chi connectivity index (χ0) is 17.8. The van der Waals surface area contributed by atoms with Crippen LogP contribution in [0.2, 0.25) is 0 Å². The lowest BCUT2D eigenvalue weighted by atomic mass is 10.2. The number of rotatable bonds is 7. The van der Waals surface area contributed by atoms with Crippen LogP contribution in [0, 0.1) is 0 Å². The number of sulfonamides is 1. The van der Waals surface area contributed by atoms with Crippen molar-refractivity contribution >= 4 is 25.8 Å². The summed E-state index contributed by atoms with van der Waals surface area (Å²) in [4.78, 5) is 14.2. The molecule has 2 aliphatic rings. The van der Waals surface area contributed by atoms with E-state index in [9.17, 15) is 21.6 Å². The van der Waals surface area contributed by atoms with Gasteiger partial charge in [0.25, 0.3) is 0 Å². The van der Waals surface area contributed by atoms with Crippen molar-refractivity contribution in [2.75, 3.05) is 63.7 Å². The van der Waals surface area contributed by atoms with Crippen molar-refractivity contribution in [1.82, 2.24) is 14.5 Å². The van der Waals surface area contributed by atoms with Crippen LogP contribution >= 0.6 is 0 Å². The molecule has 0 saturated carbocycles. The Labute approximate surface area is 143 Å². The number of carbonyl (C=O) groups is 1. The van der Waals surface area contributed by atoms with Crippen molar-refractivity contribution in [2.45, 2.75) is 12.5 Å². The molecule has 11 heteroatoms. The third kappa shape index (κ3) is 6.28. The minimum Gasteiger partial charge on any atom is -0.379 e. The van der Waals surface area contributed by atoms with Gasteiger partial charge in [-0.2, -0.15) is 4.31 Å². The molecular formula is C13H25N3O6S2. The van der Waals surface area contributed by atoms with Crippen molar-refractivity contribution in [3.63, 3.8) is 0 Å². The summed E-state index contributed by atoms with van der Waals surface area (Å²) in [7, 11) is -6.61. The monoisotopic (exact) mass is 383 g/mol. The Morgan fingerprint density at radius 3 is 2.54 bits per heavy atom. The number of amides is 1. The third-order valence-corrected chi connectivity index (χ3v) is 7.17. The Morgan fingerprint density at radius 2 is 2.00 bits per heavy atom. The van der Waals surface area contributed by atoms with Gasteiger partial charge in [-0.25, -0.2) is 16.8 Å². The van der Waals surface area contributed by atoms with E-state index in [4.69, 9.17) is 4.74 Å². The smallest absolute Gasteiger partial charge is 0.235 e. The molecule has 2 saturated heterocycles. The summed E-state index contributed by atoms with van der Waals surface area (Å²) < 4.78 is 53.0. The molecular weight excluding hydrogens is 358 g/mol. The third-order valence-electron chi connectivity index (χ3n) is 4.16. The van der Waals surface area contributed by atoms with Crippen LogP contribution in [-0.2, 0) is 29.4 Å². The number of sulfone groups is 1. The minimum atomic E-state index is -3.52. The second kappa shape index (κ2) is 8.09. The predicted octanol–water partition coefficient (Wildman–Crippen LogP) is -2.12. The Kier molecular flexibility index (Phi) is 6.59. The van der Waals surface area contributed by atoms with Gasteiger partial charge in [0, 0.05) is 32.2 Å². The number of ether oxygens (including phenoxy) is 1. The fourth-order valence-electron chi connectivity index (χ4n) is 2.78. The van der Waals surface area contributed by atoms with Crippen LogP contribution < -0.4 is 5.32 Å². The minimum absolute atomic E-state index is 0.0603. The van der Waals surface area contributed by atoms with E-state index in [-0.39, 0.29) is 24.6 Å². The molecule has 2 rings (SSSR count). The predicted molar refractivity (Wildman–Crippen MR) is 88.9 cm³/mol. The average Bonchev–Trinajstić information content (AvgIpc) is 2.82. The zero-order valence-electron chi connectivity index (χ0n) is 13.8. The van der Waals surface area contributed by atoms with Crippen LogP contribution in [0.3, 0.4) is 0 Å². The lowest BCUT2D eigenvalue weighted by Gasteiger charge is -2.29. The molecule has 1 unspecified atom stereocenters. The van der Waals surface area contributed by atoms with Crippen LogP contribution in [0.5, 0.6) is 0 Å². The summed E-state index contributed by atoms with van der Waals surface area (Å²) in [5.41, 5.74) is 0. The Morgan fingerprint density at radius 1 is 1.33 bits per heavy atom. The molecule has 1 N–H and O–H groups in total. The molecule has 2 fully saturated rings. The van der Waals surface area contributed by atoms with Gasteiger partial charge in [-0.3, -0.25) is 9.69 Å². The van der Waals surface area contributed by atoms with E-state index in [0.717, 1.165) is 23.7 Å². The van der Waals surface area contributed by atoms with Gasteiger partial charge < -0.3 is 10.1 Å². The first-order valence-corrected chi connectivity index (χ1v) is 11.6. The van der Waals surface area contributed by atoms with Gasteiger partial charge in [-0.1, -0.05) is 0 Å². The zero-order valence-corrected chi connectivity index (χ0v) is 15.4. The lowest BCUT2D eigenvalue weighted by Crippen LogP contribution is -2.47. The molecule has 0 radical (unpaired) electrons. The number of nitrogens with one attached hydrogen (secondary N) is 1. The molecule has 1 atom stereocenters. The number of nitrogens with zero attached hydrogens (tertiary/aromatic N) is 2. The summed E-state index contributed by atoms with van der Waals surface area (Å²) >= 11 is 0. The maximum Gasteiger partial charge on any atom is 0.235 e. The van der Waals surface area contributed by atoms with Crippen LogP contribution in [0.15, 0.2) is 0 Å². The van der Waals surface area contributed by atoms with Gasteiger partial charge >= 0.3 is 0 Å². The molecule has 0 aromatic carbocycles. The maximum absolute atomic E-state index is 12.1. The SMILES string of the molecule is CS(=O)(=O)N(CCN1CCOCC1)CC(=O)NC1CCS(=O)(=O)C1. The van der Waals surface area contributed by atoms with E-state index >= 15 is 0 Å². The lowest BCUT2D eigenvalue weighted by molar-refractivity contribution is -0.121. The van der Waals surface area contributed by atoms with Crippen LogP contribution in [0.25, 0.3) is 0 Å². The highest BCUT2D eigenvalue weighted by atomic mass is 32.2. The average molecular weight is 383 g/mol. The summed E-state index contributed by atoms with van der Waals surface area (Å²) in [5.74, 6) is -0.486. The molecule has 2 heterocycles. The molecule has 1 amide bonds. The molecule has 9 nitrogen and oxygen atoms in total. The van der Waals surface area contributed by atoms with E-state index in [1.807, 2.05) is 0 Å². The molecule has 0 aliphatic carbocycles. The van der Waals surface area contributed by atoms with Crippen molar-refractivity contribution in [3.05, 3.63) is 0 Å². The Balaban J connectivity index is 1.85. The van der Waals surface area contributed by atoms with E-state index in [0.29, 0.717) is 26.2 Å². The van der Waals surface area contributed by atoms with Crippen molar-refractivity contribution in [1.29, 1.82) is 0 Å². The van der Waals surface area contributed by atoms with Crippen molar-refractivity contribution in [2.24, 2.45) is 0 Å². The number of hydrogen-bond donors (Lipinski definition) is 1. The highest BCUT2D eigenvalue weighted by Crippen LogP contribution is 2.11. The first-order valence-electron chi connectivity index (χ1n) is 7.91. The van der Waals surface area contributed by atoms with Crippen molar-refractivity contribution < 1.29 is 26.4 Å². The largest absolute Gasteiger partial charge is 0.379 e.